The Labute approximate surface area is 158 Å². The van der Waals surface area contributed by atoms with E-state index in [0.29, 0.717) is 6.67 Å². The lowest BCUT2D eigenvalue weighted by Crippen LogP contribution is -2.42. The summed E-state index contributed by atoms with van der Waals surface area (Å²) in [7, 11) is 1.90. The molecule has 146 valence electrons. The van der Waals surface area contributed by atoms with Crippen LogP contribution in [0.15, 0.2) is 24.4 Å². The number of unbranched alkanes of at least 4 members (excludes halogenated alkanes) is 1. The minimum atomic E-state index is -0.393. The van der Waals surface area contributed by atoms with Crippen LogP contribution in [0.2, 0.25) is 0 Å². The highest BCUT2D eigenvalue weighted by Gasteiger charge is 2.27. The number of nitro benzene ring substituents is 1. The molecular weight excluding hydrogens is 346 g/mol. The van der Waals surface area contributed by atoms with Crippen molar-refractivity contribution in [2.75, 3.05) is 26.7 Å². The van der Waals surface area contributed by atoms with Gasteiger partial charge in [0.05, 0.1) is 23.3 Å². The predicted molar refractivity (Wildman–Crippen MR) is 103 cm³/mol. The molecule has 8 heteroatoms. The molecule has 1 aliphatic heterocycles. The third-order valence-corrected chi connectivity index (χ3v) is 5.33. The molecule has 8 nitrogen and oxygen atoms in total. The van der Waals surface area contributed by atoms with Crippen molar-refractivity contribution in [1.82, 2.24) is 19.6 Å². The van der Waals surface area contributed by atoms with Gasteiger partial charge < -0.3 is 4.90 Å². The summed E-state index contributed by atoms with van der Waals surface area (Å²) in [5.74, 6) is 0.375. The molecule has 1 fully saturated rings. The van der Waals surface area contributed by atoms with Crippen LogP contribution in [-0.4, -0.2) is 57.1 Å². The maximum Gasteiger partial charge on any atom is 0.270 e. The highest BCUT2D eigenvalue weighted by Crippen LogP contribution is 2.23. The largest absolute Gasteiger partial charge is 0.346 e. The Kier molecular flexibility index (Phi) is 6.05. The van der Waals surface area contributed by atoms with Gasteiger partial charge in [0, 0.05) is 50.1 Å². The minimum Gasteiger partial charge on any atom is -0.346 e. The average Bonchev–Trinajstić information content (AvgIpc) is 3.08. The highest BCUT2D eigenvalue weighted by molar-refractivity contribution is 5.81. The Morgan fingerprint density at radius 2 is 2.11 bits per heavy atom. The molecule has 0 N–H and O–H groups in total. The van der Waals surface area contributed by atoms with Crippen LogP contribution in [0.4, 0.5) is 5.69 Å². The van der Waals surface area contributed by atoms with E-state index in [2.05, 4.69) is 16.9 Å². The lowest BCUT2D eigenvalue weighted by Gasteiger charge is -2.33. The number of nitrogens with zero attached hydrogens (tertiary/aromatic N) is 5. The second kappa shape index (κ2) is 8.47. The van der Waals surface area contributed by atoms with Crippen molar-refractivity contribution in [3.63, 3.8) is 0 Å². The smallest absolute Gasteiger partial charge is 0.270 e. The molecule has 0 spiro atoms. The summed E-state index contributed by atoms with van der Waals surface area (Å²) >= 11 is 0. The zero-order chi connectivity index (χ0) is 19.4. The lowest BCUT2D eigenvalue weighted by atomic mass is 9.95. The van der Waals surface area contributed by atoms with Gasteiger partial charge in [-0.25, -0.2) is 0 Å². The van der Waals surface area contributed by atoms with Crippen LogP contribution >= 0.6 is 0 Å². The first-order chi connectivity index (χ1) is 13.0. The molecule has 1 aliphatic rings. The predicted octanol–water partition coefficient (Wildman–Crippen LogP) is 2.87. The number of benzene rings is 1. The summed E-state index contributed by atoms with van der Waals surface area (Å²) in [5.41, 5.74) is 0.965. The number of fused-ring (bicyclic) bond motifs is 1. The van der Waals surface area contributed by atoms with E-state index in [1.54, 1.807) is 18.3 Å². The Morgan fingerprint density at radius 1 is 1.37 bits per heavy atom. The summed E-state index contributed by atoms with van der Waals surface area (Å²) in [6.07, 6.45) is 5.53. The molecule has 1 aromatic heterocycles. The van der Waals surface area contributed by atoms with Gasteiger partial charge in [-0.15, -0.1) is 0 Å². The Hall–Kier alpha value is -2.48. The summed E-state index contributed by atoms with van der Waals surface area (Å²) in [6.45, 7) is 5.31. The lowest BCUT2D eigenvalue weighted by molar-refractivity contribution is -0.384. The molecule has 0 atom stereocenters. The zero-order valence-corrected chi connectivity index (χ0v) is 16.0. The van der Waals surface area contributed by atoms with Crippen molar-refractivity contribution in [2.24, 2.45) is 5.92 Å². The first-order valence-electron chi connectivity index (χ1n) is 9.57. The number of amides is 1. The van der Waals surface area contributed by atoms with Crippen LogP contribution in [0.25, 0.3) is 10.9 Å². The molecule has 0 unspecified atom stereocenters. The maximum atomic E-state index is 12.5. The number of hydrogen-bond acceptors (Lipinski definition) is 5. The number of piperidine rings is 1. The molecule has 0 radical (unpaired) electrons. The number of likely N-dealkylation sites (tertiary alicyclic amines) is 1. The van der Waals surface area contributed by atoms with Gasteiger partial charge in [-0.05, 0) is 25.3 Å². The molecule has 0 aliphatic carbocycles. The van der Waals surface area contributed by atoms with E-state index < -0.39 is 4.92 Å². The second-order valence-corrected chi connectivity index (χ2v) is 7.29. The molecule has 2 heterocycles. The normalized spacial score (nSPS) is 15.9. The molecule has 0 saturated carbocycles. The monoisotopic (exact) mass is 373 g/mol. The third-order valence-electron chi connectivity index (χ3n) is 5.33. The fourth-order valence-electron chi connectivity index (χ4n) is 3.63. The van der Waals surface area contributed by atoms with Gasteiger partial charge in [0.15, 0.2) is 0 Å². The van der Waals surface area contributed by atoms with Crippen molar-refractivity contribution in [2.45, 2.75) is 39.3 Å². The Morgan fingerprint density at radius 3 is 2.78 bits per heavy atom. The Bertz CT molecular complexity index is 811. The van der Waals surface area contributed by atoms with E-state index in [9.17, 15) is 14.9 Å². The number of carbonyl (C=O) groups is 1. The second-order valence-electron chi connectivity index (χ2n) is 7.29. The molecule has 27 heavy (non-hydrogen) atoms. The van der Waals surface area contributed by atoms with Crippen LogP contribution in [0, 0.1) is 16.0 Å². The van der Waals surface area contributed by atoms with Gasteiger partial charge in [0.1, 0.15) is 0 Å². The topological polar surface area (TPSA) is 84.5 Å². The molecular formula is C19H27N5O3. The highest BCUT2D eigenvalue weighted by atomic mass is 16.6. The molecule has 2 aromatic rings. The van der Waals surface area contributed by atoms with E-state index in [-0.39, 0.29) is 17.5 Å². The van der Waals surface area contributed by atoms with Gasteiger partial charge in [-0.2, -0.15) is 5.10 Å². The number of non-ortho nitro benzene ring substituents is 1. The van der Waals surface area contributed by atoms with E-state index in [4.69, 9.17) is 0 Å². The molecule has 0 bridgehead atoms. The van der Waals surface area contributed by atoms with Crippen LogP contribution < -0.4 is 0 Å². The van der Waals surface area contributed by atoms with Crippen molar-refractivity contribution in [3.05, 3.63) is 34.5 Å². The number of carbonyl (C=O) groups excluding carboxylic acids is 1. The number of aromatic nitrogens is 2. The summed E-state index contributed by atoms with van der Waals surface area (Å²) in [5, 5.41) is 16.1. The SMILES string of the molecule is CCCCN(C)C(=O)C1CCN(Cn2ncc3cc([N+](=O)[O-])ccc32)CC1. The quantitative estimate of drug-likeness (QED) is 0.550. The zero-order valence-electron chi connectivity index (χ0n) is 16.0. The molecule has 1 aromatic carbocycles. The van der Waals surface area contributed by atoms with Crippen LogP contribution in [0.3, 0.4) is 0 Å². The standard InChI is InChI=1S/C19H27N5O3/c1-3-4-9-21(2)19(25)15-7-10-22(11-8-15)14-23-18-6-5-17(24(26)27)12-16(18)13-20-23/h5-6,12-13,15H,3-4,7-11,14H2,1-2H3. The number of hydrogen-bond donors (Lipinski definition) is 0. The fraction of sp³-hybridized carbons (Fsp3) is 0.579. The van der Waals surface area contributed by atoms with Gasteiger partial charge in [0.25, 0.3) is 5.69 Å². The third kappa shape index (κ3) is 4.44. The Balaban J connectivity index is 1.57. The van der Waals surface area contributed by atoms with Gasteiger partial charge in [0.2, 0.25) is 5.91 Å². The number of nitro groups is 1. The van der Waals surface area contributed by atoms with Gasteiger partial charge >= 0.3 is 0 Å². The van der Waals surface area contributed by atoms with E-state index in [1.807, 2.05) is 16.6 Å². The summed E-state index contributed by atoms with van der Waals surface area (Å²) < 4.78 is 1.87. The molecule has 1 amide bonds. The van der Waals surface area contributed by atoms with Crippen LogP contribution in [0.5, 0.6) is 0 Å². The summed E-state index contributed by atoms with van der Waals surface area (Å²) in [4.78, 5) is 27.2. The fourth-order valence-corrected chi connectivity index (χ4v) is 3.63. The summed E-state index contributed by atoms with van der Waals surface area (Å²) in [6, 6.07) is 4.81. The maximum absolute atomic E-state index is 12.5. The van der Waals surface area contributed by atoms with E-state index >= 15 is 0 Å². The van der Waals surface area contributed by atoms with Gasteiger partial charge in [-0.3, -0.25) is 24.5 Å². The van der Waals surface area contributed by atoms with E-state index in [0.717, 1.165) is 56.2 Å². The van der Waals surface area contributed by atoms with Crippen molar-refractivity contribution < 1.29 is 9.72 Å². The van der Waals surface area contributed by atoms with Crippen molar-refractivity contribution >= 4 is 22.5 Å². The van der Waals surface area contributed by atoms with E-state index in [1.165, 1.54) is 6.07 Å². The van der Waals surface area contributed by atoms with Crippen molar-refractivity contribution in [1.29, 1.82) is 0 Å². The van der Waals surface area contributed by atoms with Crippen LogP contribution in [0.1, 0.15) is 32.6 Å². The first-order valence-corrected chi connectivity index (χ1v) is 9.57. The molecule has 1 saturated heterocycles. The number of rotatable bonds is 7. The van der Waals surface area contributed by atoms with Crippen molar-refractivity contribution in [3.8, 4) is 0 Å². The average molecular weight is 373 g/mol. The molecule has 3 rings (SSSR count). The minimum absolute atomic E-state index is 0.0774. The van der Waals surface area contributed by atoms with Gasteiger partial charge in [-0.1, -0.05) is 13.3 Å². The van der Waals surface area contributed by atoms with Crippen LogP contribution in [-0.2, 0) is 11.5 Å². The first kappa shape index (κ1) is 19.3.